The Kier molecular flexibility index (Phi) is 6.43. The van der Waals surface area contributed by atoms with Gasteiger partial charge in [-0.2, -0.15) is 0 Å². The molecule has 0 spiro atoms. The lowest BCUT2D eigenvalue weighted by Crippen LogP contribution is -2.36. The maximum atomic E-state index is 13.3. The molecule has 8 heteroatoms. The maximum Gasteiger partial charge on any atom is 0.267 e. The van der Waals surface area contributed by atoms with Crippen molar-refractivity contribution in [3.8, 4) is 0 Å². The molecule has 29 heavy (non-hydrogen) atoms. The number of carbonyl (C=O) groups is 1. The van der Waals surface area contributed by atoms with E-state index in [0.717, 1.165) is 12.0 Å². The second-order valence-electron chi connectivity index (χ2n) is 7.65. The van der Waals surface area contributed by atoms with Crippen LogP contribution < -0.4 is 10.9 Å². The number of aryl methyl sites for hydroxylation is 1. The molecule has 6 nitrogen and oxygen atoms in total. The Morgan fingerprint density at radius 1 is 1.31 bits per heavy atom. The summed E-state index contributed by atoms with van der Waals surface area (Å²) in [6.45, 7) is 10.8. The summed E-state index contributed by atoms with van der Waals surface area (Å²) in [5.41, 5.74) is 1.68. The molecule has 1 aliphatic rings. The van der Waals surface area contributed by atoms with Gasteiger partial charge in [0.2, 0.25) is 0 Å². The number of carbonyl (C=O) groups excluding carboxylic acids is 1. The number of nitrogens with one attached hydrogen (secondary N) is 1. The summed E-state index contributed by atoms with van der Waals surface area (Å²) in [7, 11) is 0. The van der Waals surface area contributed by atoms with Gasteiger partial charge in [0.05, 0.1) is 10.5 Å². The van der Waals surface area contributed by atoms with Crippen LogP contribution in [0.4, 0.5) is 5.82 Å². The van der Waals surface area contributed by atoms with Crippen molar-refractivity contribution >= 4 is 51.7 Å². The highest BCUT2D eigenvalue weighted by Crippen LogP contribution is 2.34. The summed E-state index contributed by atoms with van der Waals surface area (Å²) in [4.78, 5) is 33.0. The second kappa shape index (κ2) is 8.67. The Hall–Kier alpha value is -2.19. The Balaban J connectivity index is 2.15. The van der Waals surface area contributed by atoms with Crippen molar-refractivity contribution in [2.75, 3.05) is 11.9 Å². The standard InChI is InChI=1S/C21H26N4O2S2/c1-6-14(5)25-20(27)16(29-21(25)28)10-15-17(22-11-12(2)3)23-18-13(4)8-7-9-24(18)19(15)26/h7-10,12,14,22H,6,11H2,1-5H3/b16-10-/t14-/m1/s1. The molecule has 0 unspecified atom stereocenters. The topological polar surface area (TPSA) is 66.7 Å². The molecular formula is C21H26N4O2S2. The van der Waals surface area contributed by atoms with Crippen LogP contribution in [0.5, 0.6) is 0 Å². The van der Waals surface area contributed by atoms with Crippen molar-refractivity contribution in [1.82, 2.24) is 14.3 Å². The zero-order valence-corrected chi connectivity index (χ0v) is 19.0. The van der Waals surface area contributed by atoms with E-state index in [1.807, 2.05) is 32.9 Å². The Morgan fingerprint density at radius 2 is 2.03 bits per heavy atom. The fraction of sp³-hybridized carbons (Fsp3) is 0.429. The van der Waals surface area contributed by atoms with Gasteiger partial charge in [-0.25, -0.2) is 4.98 Å². The molecule has 2 aromatic heterocycles. The van der Waals surface area contributed by atoms with Crippen LogP contribution in [0.1, 0.15) is 45.2 Å². The van der Waals surface area contributed by atoms with Crippen LogP contribution in [0.25, 0.3) is 11.7 Å². The minimum atomic E-state index is -0.209. The van der Waals surface area contributed by atoms with Crippen LogP contribution in [0.2, 0.25) is 0 Å². The first-order valence-corrected chi connectivity index (χ1v) is 11.0. The van der Waals surface area contributed by atoms with Crippen molar-refractivity contribution in [2.24, 2.45) is 5.92 Å². The van der Waals surface area contributed by atoms with E-state index in [1.165, 1.54) is 16.2 Å². The minimum absolute atomic E-state index is 0.0189. The monoisotopic (exact) mass is 430 g/mol. The van der Waals surface area contributed by atoms with Gasteiger partial charge in [-0.1, -0.05) is 50.8 Å². The molecule has 1 fully saturated rings. The van der Waals surface area contributed by atoms with Gasteiger partial charge < -0.3 is 5.32 Å². The van der Waals surface area contributed by atoms with Gasteiger partial charge in [-0.05, 0) is 43.9 Å². The highest BCUT2D eigenvalue weighted by Gasteiger charge is 2.35. The third-order valence-corrected chi connectivity index (χ3v) is 6.22. The smallest absolute Gasteiger partial charge is 0.267 e. The number of nitrogens with zero attached hydrogens (tertiary/aromatic N) is 3. The largest absolute Gasteiger partial charge is 0.369 e. The highest BCUT2D eigenvalue weighted by atomic mass is 32.2. The first kappa shape index (κ1) is 21.5. The van der Waals surface area contributed by atoms with Gasteiger partial charge in [-0.15, -0.1) is 0 Å². The Labute approximate surface area is 180 Å². The van der Waals surface area contributed by atoms with Gasteiger partial charge in [0.15, 0.2) is 0 Å². The molecule has 0 aromatic carbocycles. The van der Waals surface area contributed by atoms with Crippen molar-refractivity contribution in [3.63, 3.8) is 0 Å². The number of fused-ring (bicyclic) bond motifs is 1. The van der Waals surface area contributed by atoms with Crippen molar-refractivity contribution in [2.45, 2.75) is 47.1 Å². The number of thiocarbonyl (C=S) groups is 1. The predicted molar refractivity (Wildman–Crippen MR) is 124 cm³/mol. The molecule has 1 aliphatic heterocycles. The number of pyridine rings is 1. The van der Waals surface area contributed by atoms with E-state index < -0.39 is 0 Å². The first-order chi connectivity index (χ1) is 13.7. The predicted octanol–water partition coefficient (Wildman–Crippen LogP) is 4.07. The number of hydrogen-bond acceptors (Lipinski definition) is 6. The molecule has 0 saturated carbocycles. The van der Waals surface area contributed by atoms with Crippen LogP contribution in [0, 0.1) is 12.8 Å². The number of aromatic nitrogens is 2. The molecule has 0 radical (unpaired) electrons. The molecule has 1 amide bonds. The molecule has 1 saturated heterocycles. The summed E-state index contributed by atoms with van der Waals surface area (Å²) in [6, 6.07) is 3.76. The fourth-order valence-electron chi connectivity index (χ4n) is 3.05. The van der Waals surface area contributed by atoms with Crippen LogP contribution >= 0.6 is 24.0 Å². The average Bonchev–Trinajstić information content (AvgIpc) is 2.96. The van der Waals surface area contributed by atoms with Gasteiger partial charge in [0.25, 0.3) is 11.5 Å². The van der Waals surface area contributed by atoms with Crippen molar-refractivity contribution < 1.29 is 4.79 Å². The van der Waals surface area contributed by atoms with Gasteiger partial charge >= 0.3 is 0 Å². The third kappa shape index (κ3) is 4.23. The third-order valence-electron chi connectivity index (χ3n) is 4.89. The molecule has 3 rings (SSSR count). The van der Waals surface area contributed by atoms with E-state index in [0.29, 0.717) is 38.7 Å². The lowest BCUT2D eigenvalue weighted by molar-refractivity contribution is -0.123. The second-order valence-corrected chi connectivity index (χ2v) is 9.32. The van der Waals surface area contributed by atoms with Gasteiger partial charge in [0.1, 0.15) is 15.8 Å². The summed E-state index contributed by atoms with van der Waals surface area (Å²) in [6.07, 6.45) is 4.14. The van der Waals surface area contributed by atoms with E-state index in [-0.39, 0.29) is 17.5 Å². The molecule has 1 atom stereocenters. The summed E-state index contributed by atoms with van der Waals surface area (Å²) >= 11 is 6.65. The van der Waals surface area contributed by atoms with E-state index in [2.05, 4.69) is 19.2 Å². The Morgan fingerprint density at radius 3 is 2.69 bits per heavy atom. The lowest BCUT2D eigenvalue weighted by Gasteiger charge is -2.21. The van der Waals surface area contributed by atoms with Crippen molar-refractivity contribution in [1.29, 1.82) is 0 Å². The van der Waals surface area contributed by atoms with Crippen LogP contribution in [0.3, 0.4) is 0 Å². The zero-order valence-electron chi connectivity index (χ0n) is 17.4. The van der Waals surface area contributed by atoms with Gasteiger partial charge in [-0.3, -0.25) is 18.9 Å². The summed E-state index contributed by atoms with van der Waals surface area (Å²) < 4.78 is 2.05. The highest BCUT2D eigenvalue weighted by molar-refractivity contribution is 8.26. The number of anilines is 1. The zero-order chi connectivity index (χ0) is 21.3. The molecule has 154 valence electrons. The average molecular weight is 431 g/mol. The van der Waals surface area contributed by atoms with Crippen LogP contribution in [-0.4, -0.2) is 37.1 Å². The quantitative estimate of drug-likeness (QED) is 0.550. The molecule has 1 N–H and O–H groups in total. The fourth-order valence-corrected chi connectivity index (χ4v) is 4.49. The molecule has 3 heterocycles. The minimum Gasteiger partial charge on any atom is -0.369 e. The molecular weight excluding hydrogens is 404 g/mol. The normalized spacial score (nSPS) is 17.0. The maximum absolute atomic E-state index is 13.3. The molecule has 2 aromatic rings. The van der Waals surface area contributed by atoms with E-state index in [4.69, 9.17) is 17.2 Å². The van der Waals surface area contributed by atoms with E-state index in [1.54, 1.807) is 17.2 Å². The van der Waals surface area contributed by atoms with Crippen LogP contribution in [-0.2, 0) is 4.79 Å². The number of hydrogen-bond donors (Lipinski definition) is 1. The summed E-state index contributed by atoms with van der Waals surface area (Å²) in [5.74, 6) is 0.716. The number of amides is 1. The summed E-state index contributed by atoms with van der Waals surface area (Å²) in [5, 5.41) is 3.28. The SMILES string of the molecule is CC[C@@H](C)N1C(=O)/C(=C/c2c(NCC(C)C)nc3c(C)cccn3c2=O)SC1=S. The lowest BCUT2D eigenvalue weighted by atomic mass is 10.2. The van der Waals surface area contributed by atoms with Crippen molar-refractivity contribution in [3.05, 3.63) is 44.7 Å². The Bertz CT molecular complexity index is 1060. The van der Waals surface area contributed by atoms with E-state index in [9.17, 15) is 9.59 Å². The number of rotatable bonds is 6. The van der Waals surface area contributed by atoms with E-state index >= 15 is 0 Å². The molecule has 0 aliphatic carbocycles. The first-order valence-electron chi connectivity index (χ1n) is 9.77. The number of thioether (sulfide) groups is 1. The van der Waals surface area contributed by atoms with Crippen LogP contribution in [0.15, 0.2) is 28.0 Å². The molecule has 0 bridgehead atoms. The van der Waals surface area contributed by atoms with Gasteiger partial charge in [0, 0.05) is 18.8 Å².